The molecule has 0 atom stereocenters. The highest BCUT2D eigenvalue weighted by molar-refractivity contribution is 6.10. The average Bonchev–Trinajstić information content (AvgIpc) is 3.00. The molecule has 0 spiro atoms. The van der Waals surface area contributed by atoms with E-state index in [0.717, 1.165) is 6.08 Å². The van der Waals surface area contributed by atoms with Crippen LogP contribution in [0.5, 0.6) is 11.5 Å². The summed E-state index contributed by atoms with van der Waals surface area (Å²) < 4.78 is 10.4. The minimum atomic E-state index is -0.426. The van der Waals surface area contributed by atoms with Crippen LogP contribution in [0.25, 0.3) is 0 Å². The highest BCUT2D eigenvalue weighted by atomic mass is 16.7. The number of nitrogens with zero attached hydrogens (tertiary/aromatic N) is 2. The smallest absolute Gasteiger partial charge is 0.231 e. The van der Waals surface area contributed by atoms with E-state index >= 15 is 0 Å². The number of carbonyl (C=O) groups excluding carboxylic acids is 2. The van der Waals surface area contributed by atoms with Crippen LogP contribution in [-0.4, -0.2) is 28.3 Å². The van der Waals surface area contributed by atoms with Gasteiger partial charge in [0.05, 0.1) is 0 Å². The standard InChI is InChI=1S/C15H10N2O4/c18-11(3-4-12(19)15-16-6-1-7-17-15)10-2-5-13-14(8-10)21-9-20-13/h1-8H,9H2/b4-3+. The largest absolute Gasteiger partial charge is 0.454 e. The van der Waals surface area contributed by atoms with Crippen molar-refractivity contribution in [1.82, 2.24) is 9.97 Å². The number of ether oxygens (including phenoxy) is 2. The maximum absolute atomic E-state index is 12.0. The Morgan fingerprint density at radius 2 is 1.71 bits per heavy atom. The van der Waals surface area contributed by atoms with Crippen LogP contribution in [0.1, 0.15) is 21.0 Å². The molecule has 0 unspecified atom stereocenters. The maximum atomic E-state index is 12.0. The first kappa shape index (κ1) is 13.0. The molecule has 0 saturated carbocycles. The van der Waals surface area contributed by atoms with E-state index in [4.69, 9.17) is 9.47 Å². The zero-order chi connectivity index (χ0) is 14.7. The van der Waals surface area contributed by atoms with Gasteiger partial charge in [-0.15, -0.1) is 0 Å². The van der Waals surface area contributed by atoms with E-state index in [0.29, 0.717) is 17.1 Å². The molecule has 0 aliphatic carbocycles. The molecule has 0 fully saturated rings. The molecule has 0 radical (unpaired) electrons. The summed E-state index contributed by atoms with van der Waals surface area (Å²) in [5.74, 6) is 0.436. The lowest BCUT2D eigenvalue weighted by molar-refractivity contribution is 0.101. The van der Waals surface area contributed by atoms with Gasteiger partial charge < -0.3 is 9.47 Å². The van der Waals surface area contributed by atoms with Crippen molar-refractivity contribution in [3.05, 3.63) is 60.2 Å². The molecule has 1 aromatic carbocycles. The van der Waals surface area contributed by atoms with E-state index in [1.807, 2.05) is 0 Å². The van der Waals surface area contributed by atoms with Gasteiger partial charge in [-0.05, 0) is 36.4 Å². The molecule has 0 saturated heterocycles. The summed E-state index contributed by atoms with van der Waals surface area (Å²) >= 11 is 0. The number of ketones is 2. The Hall–Kier alpha value is -3.02. The minimum Gasteiger partial charge on any atom is -0.454 e. The van der Waals surface area contributed by atoms with E-state index < -0.39 is 5.78 Å². The molecule has 6 nitrogen and oxygen atoms in total. The first-order valence-corrected chi connectivity index (χ1v) is 6.17. The number of hydrogen-bond acceptors (Lipinski definition) is 6. The van der Waals surface area contributed by atoms with Crippen molar-refractivity contribution in [2.75, 3.05) is 6.79 Å². The van der Waals surface area contributed by atoms with Gasteiger partial charge in [0.1, 0.15) is 0 Å². The molecular weight excluding hydrogens is 272 g/mol. The summed E-state index contributed by atoms with van der Waals surface area (Å²) in [6, 6.07) is 6.46. The summed E-state index contributed by atoms with van der Waals surface area (Å²) in [6.45, 7) is 0.145. The molecule has 1 aromatic heterocycles. The fourth-order valence-electron chi connectivity index (χ4n) is 1.80. The SMILES string of the molecule is O=C(/C=C/C(=O)c1ncccn1)c1ccc2c(c1)OCO2. The van der Waals surface area contributed by atoms with Gasteiger partial charge in [-0.25, -0.2) is 9.97 Å². The van der Waals surface area contributed by atoms with E-state index in [9.17, 15) is 9.59 Å². The highest BCUT2D eigenvalue weighted by Gasteiger charge is 2.15. The van der Waals surface area contributed by atoms with Gasteiger partial charge in [0, 0.05) is 18.0 Å². The van der Waals surface area contributed by atoms with Crippen molar-refractivity contribution >= 4 is 11.6 Å². The van der Waals surface area contributed by atoms with Gasteiger partial charge in [-0.3, -0.25) is 9.59 Å². The van der Waals surface area contributed by atoms with Crippen molar-refractivity contribution in [3.63, 3.8) is 0 Å². The first-order chi connectivity index (χ1) is 10.2. The summed E-state index contributed by atoms with van der Waals surface area (Å²) in [5.41, 5.74) is 0.414. The van der Waals surface area contributed by atoms with Gasteiger partial charge in [0.25, 0.3) is 0 Å². The van der Waals surface area contributed by atoms with Crippen LogP contribution in [0.15, 0.2) is 48.8 Å². The summed E-state index contributed by atoms with van der Waals surface area (Å²) in [5, 5.41) is 0. The van der Waals surface area contributed by atoms with E-state index in [2.05, 4.69) is 9.97 Å². The number of aromatic nitrogens is 2. The fourth-order valence-corrected chi connectivity index (χ4v) is 1.80. The second kappa shape index (κ2) is 5.54. The molecule has 2 heterocycles. The van der Waals surface area contributed by atoms with Crippen molar-refractivity contribution in [3.8, 4) is 11.5 Å². The van der Waals surface area contributed by atoms with Crippen molar-refractivity contribution in [2.24, 2.45) is 0 Å². The Morgan fingerprint density at radius 1 is 1.00 bits per heavy atom. The Balaban J connectivity index is 1.74. The topological polar surface area (TPSA) is 78.4 Å². The van der Waals surface area contributed by atoms with Gasteiger partial charge in [-0.2, -0.15) is 0 Å². The number of fused-ring (bicyclic) bond motifs is 1. The fraction of sp³-hybridized carbons (Fsp3) is 0.0667. The number of rotatable bonds is 4. The number of benzene rings is 1. The molecular formula is C15H10N2O4. The highest BCUT2D eigenvalue weighted by Crippen LogP contribution is 2.32. The average molecular weight is 282 g/mol. The molecule has 2 aromatic rings. The van der Waals surface area contributed by atoms with E-state index in [1.54, 1.807) is 24.3 Å². The van der Waals surface area contributed by atoms with Crippen LogP contribution in [0, 0.1) is 0 Å². The van der Waals surface area contributed by atoms with Gasteiger partial charge in [0.2, 0.25) is 12.6 Å². The molecule has 104 valence electrons. The molecule has 0 amide bonds. The van der Waals surface area contributed by atoms with Crippen molar-refractivity contribution in [2.45, 2.75) is 0 Å². The van der Waals surface area contributed by atoms with E-state index in [-0.39, 0.29) is 18.4 Å². The minimum absolute atomic E-state index is 0.0484. The molecule has 3 rings (SSSR count). The summed E-state index contributed by atoms with van der Waals surface area (Å²) in [6.07, 6.45) is 5.28. The second-order valence-electron chi connectivity index (χ2n) is 4.20. The van der Waals surface area contributed by atoms with Crippen LogP contribution in [0.4, 0.5) is 0 Å². The Morgan fingerprint density at radius 3 is 2.52 bits per heavy atom. The zero-order valence-electron chi connectivity index (χ0n) is 10.9. The molecule has 6 heteroatoms. The van der Waals surface area contributed by atoms with Crippen LogP contribution in [0.2, 0.25) is 0 Å². The predicted octanol–water partition coefficient (Wildman–Crippen LogP) is 1.83. The van der Waals surface area contributed by atoms with Crippen LogP contribution in [0.3, 0.4) is 0 Å². The third-order valence-corrected chi connectivity index (χ3v) is 2.83. The quantitative estimate of drug-likeness (QED) is 0.628. The molecule has 0 bridgehead atoms. The number of carbonyl (C=O) groups is 2. The van der Waals surface area contributed by atoms with Gasteiger partial charge in [0.15, 0.2) is 23.1 Å². The monoisotopic (exact) mass is 282 g/mol. The maximum Gasteiger partial charge on any atom is 0.231 e. The Bertz CT molecular complexity index is 726. The van der Waals surface area contributed by atoms with Crippen molar-refractivity contribution < 1.29 is 19.1 Å². The molecule has 21 heavy (non-hydrogen) atoms. The Labute approximate surface area is 120 Å². The lowest BCUT2D eigenvalue weighted by atomic mass is 10.1. The number of allylic oxidation sites excluding steroid dienone is 2. The molecule has 0 N–H and O–H groups in total. The zero-order valence-corrected chi connectivity index (χ0v) is 10.9. The van der Waals surface area contributed by atoms with Crippen LogP contribution >= 0.6 is 0 Å². The molecule has 1 aliphatic rings. The normalized spacial score (nSPS) is 12.6. The molecule has 1 aliphatic heterocycles. The summed E-state index contributed by atoms with van der Waals surface area (Å²) in [4.78, 5) is 31.4. The van der Waals surface area contributed by atoms with Gasteiger partial charge in [-0.1, -0.05) is 0 Å². The third kappa shape index (κ3) is 2.79. The Kier molecular flexibility index (Phi) is 3.42. The second-order valence-corrected chi connectivity index (χ2v) is 4.20. The summed E-state index contributed by atoms with van der Waals surface area (Å²) in [7, 11) is 0. The first-order valence-electron chi connectivity index (χ1n) is 6.17. The third-order valence-electron chi connectivity index (χ3n) is 2.83. The van der Waals surface area contributed by atoms with E-state index in [1.165, 1.54) is 18.5 Å². The number of hydrogen-bond donors (Lipinski definition) is 0. The van der Waals surface area contributed by atoms with Crippen LogP contribution in [-0.2, 0) is 0 Å². The predicted molar refractivity (Wildman–Crippen MR) is 72.4 cm³/mol. The lowest BCUT2D eigenvalue weighted by Crippen LogP contribution is -2.02. The van der Waals surface area contributed by atoms with Crippen LogP contribution < -0.4 is 9.47 Å². The van der Waals surface area contributed by atoms with Crippen molar-refractivity contribution in [1.29, 1.82) is 0 Å². The van der Waals surface area contributed by atoms with Gasteiger partial charge >= 0.3 is 0 Å². The lowest BCUT2D eigenvalue weighted by Gasteiger charge is -1.98.